The molecule has 0 radical (unpaired) electrons. The number of anilines is 2. The second-order valence-electron chi connectivity index (χ2n) is 6.20. The number of carbonyl (C=O) groups excluding carboxylic acids is 2. The molecule has 0 aromatic heterocycles. The maximum atomic E-state index is 12.2. The first-order valence-corrected chi connectivity index (χ1v) is 10.6. The molecular formula is C22H18Cl2N2O2S. The van der Waals surface area contributed by atoms with E-state index in [-0.39, 0.29) is 17.6 Å². The van der Waals surface area contributed by atoms with E-state index in [0.29, 0.717) is 27.8 Å². The molecule has 148 valence electrons. The molecule has 2 amide bonds. The van der Waals surface area contributed by atoms with Crippen LogP contribution in [0.15, 0.2) is 77.7 Å². The van der Waals surface area contributed by atoms with E-state index in [1.54, 1.807) is 18.2 Å². The van der Waals surface area contributed by atoms with Gasteiger partial charge in [0, 0.05) is 15.6 Å². The summed E-state index contributed by atoms with van der Waals surface area (Å²) in [4.78, 5) is 25.3. The lowest BCUT2D eigenvalue weighted by Gasteiger charge is -2.09. The van der Waals surface area contributed by atoms with Gasteiger partial charge in [0.1, 0.15) is 0 Å². The molecule has 4 nitrogen and oxygen atoms in total. The van der Waals surface area contributed by atoms with Gasteiger partial charge in [0.15, 0.2) is 0 Å². The van der Waals surface area contributed by atoms with E-state index in [4.69, 9.17) is 23.2 Å². The van der Waals surface area contributed by atoms with E-state index < -0.39 is 0 Å². The van der Waals surface area contributed by atoms with Gasteiger partial charge in [-0.3, -0.25) is 9.59 Å². The summed E-state index contributed by atoms with van der Waals surface area (Å²) < 4.78 is 0. The van der Waals surface area contributed by atoms with E-state index in [9.17, 15) is 9.59 Å². The van der Waals surface area contributed by atoms with E-state index in [0.717, 1.165) is 10.5 Å². The Labute approximate surface area is 183 Å². The van der Waals surface area contributed by atoms with Crippen molar-refractivity contribution in [1.82, 2.24) is 0 Å². The Morgan fingerprint density at radius 3 is 2.41 bits per heavy atom. The zero-order chi connectivity index (χ0) is 20.6. The van der Waals surface area contributed by atoms with Crippen LogP contribution in [0.2, 0.25) is 10.0 Å². The Morgan fingerprint density at radius 1 is 0.828 bits per heavy atom. The van der Waals surface area contributed by atoms with Crippen molar-refractivity contribution in [2.75, 3.05) is 16.4 Å². The maximum absolute atomic E-state index is 12.2. The Morgan fingerprint density at radius 2 is 1.62 bits per heavy atom. The number of hydrogen-bond donors (Lipinski definition) is 2. The Hall–Kier alpha value is -2.47. The molecule has 0 fully saturated rings. The highest BCUT2D eigenvalue weighted by molar-refractivity contribution is 8.00. The number of thioether (sulfide) groups is 1. The van der Waals surface area contributed by atoms with Crippen molar-refractivity contribution in [2.45, 2.75) is 11.3 Å². The Bertz CT molecular complexity index is 1010. The summed E-state index contributed by atoms with van der Waals surface area (Å²) in [5, 5.41) is 6.56. The quantitative estimate of drug-likeness (QED) is 0.445. The summed E-state index contributed by atoms with van der Waals surface area (Å²) in [7, 11) is 0. The average Bonchev–Trinajstić information content (AvgIpc) is 2.70. The highest BCUT2D eigenvalue weighted by Crippen LogP contribution is 2.26. The van der Waals surface area contributed by atoms with Crippen molar-refractivity contribution >= 4 is 58.2 Å². The molecule has 0 atom stereocenters. The molecule has 0 spiro atoms. The van der Waals surface area contributed by atoms with Crippen LogP contribution in [0.3, 0.4) is 0 Å². The topological polar surface area (TPSA) is 58.2 Å². The number of hydrogen-bond acceptors (Lipinski definition) is 3. The number of nitrogens with one attached hydrogen (secondary N) is 2. The van der Waals surface area contributed by atoms with Crippen molar-refractivity contribution < 1.29 is 9.59 Å². The summed E-state index contributed by atoms with van der Waals surface area (Å²) in [6, 6.07) is 21.8. The van der Waals surface area contributed by atoms with Gasteiger partial charge in [-0.15, -0.1) is 11.8 Å². The molecule has 0 aliphatic rings. The minimum absolute atomic E-state index is 0.0910. The van der Waals surface area contributed by atoms with Crippen LogP contribution in [0, 0.1) is 0 Å². The summed E-state index contributed by atoms with van der Waals surface area (Å²) >= 11 is 13.4. The van der Waals surface area contributed by atoms with Crippen molar-refractivity contribution in [3.05, 3.63) is 88.4 Å². The zero-order valence-corrected chi connectivity index (χ0v) is 17.7. The van der Waals surface area contributed by atoms with Crippen molar-refractivity contribution in [3.63, 3.8) is 0 Å². The normalized spacial score (nSPS) is 10.4. The lowest BCUT2D eigenvalue weighted by molar-refractivity contribution is -0.115. The maximum Gasteiger partial charge on any atom is 0.234 e. The van der Waals surface area contributed by atoms with Crippen LogP contribution in [0.1, 0.15) is 5.56 Å². The fraction of sp³-hybridized carbons (Fsp3) is 0.0909. The summed E-state index contributed by atoms with van der Waals surface area (Å²) in [5.41, 5.74) is 2.12. The molecule has 3 aromatic rings. The van der Waals surface area contributed by atoms with E-state index in [1.165, 1.54) is 11.8 Å². The number of carbonyl (C=O) groups is 2. The zero-order valence-electron chi connectivity index (χ0n) is 15.3. The second kappa shape index (κ2) is 10.3. The standard InChI is InChI=1S/C22H18Cl2N2O2S/c23-16-9-10-19(24)20(12-16)26-22(28)14-29-18-8-4-7-17(13-18)25-21(27)11-15-5-2-1-3-6-15/h1-10,12-13H,11,14H2,(H,25,27)(H,26,28). The van der Waals surface area contributed by atoms with Gasteiger partial charge in [-0.05, 0) is 42.0 Å². The van der Waals surface area contributed by atoms with E-state index in [1.807, 2.05) is 54.6 Å². The Kier molecular flexibility index (Phi) is 7.58. The van der Waals surface area contributed by atoms with Crippen LogP contribution < -0.4 is 10.6 Å². The molecule has 0 aliphatic carbocycles. The fourth-order valence-electron chi connectivity index (χ4n) is 2.58. The van der Waals surface area contributed by atoms with E-state index in [2.05, 4.69) is 10.6 Å². The minimum Gasteiger partial charge on any atom is -0.326 e. The first-order valence-electron chi connectivity index (χ1n) is 8.81. The molecule has 0 bridgehead atoms. The predicted molar refractivity (Wildman–Crippen MR) is 121 cm³/mol. The summed E-state index contributed by atoms with van der Waals surface area (Å²) in [6.07, 6.45) is 0.307. The molecular weight excluding hydrogens is 427 g/mol. The molecule has 29 heavy (non-hydrogen) atoms. The summed E-state index contributed by atoms with van der Waals surface area (Å²) in [5.74, 6) is -0.0889. The lowest BCUT2D eigenvalue weighted by Crippen LogP contribution is -2.15. The first kappa shape index (κ1) is 21.2. The number of rotatable bonds is 7. The lowest BCUT2D eigenvalue weighted by atomic mass is 10.1. The van der Waals surface area contributed by atoms with Gasteiger partial charge in [0.2, 0.25) is 11.8 Å². The van der Waals surface area contributed by atoms with Gasteiger partial charge in [-0.2, -0.15) is 0 Å². The minimum atomic E-state index is -0.197. The third-order valence-corrected chi connectivity index (χ3v) is 5.46. The van der Waals surface area contributed by atoms with Crippen LogP contribution >= 0.6 is 35.0 Å². The van der Waals surface area contributed by atoms with Gasteiger partial charge in [0.05, 0.1) is 22.9 Å². The third-order valence-electron chi connectivity index (χ3n) is 3.90. The van der Waals surface area contributed by atoms with Crippen molar-refractivity contribution in [3.8, 4) is 0 Å². The molecule has 7 heteroatoms. The first-order chi connectivity index (χ1) is 14.0. The van der Waals surface area contributed by atoms with Crippen LogP contribution in [0.25, 0.3) is 0 Å². The van der Waals surface area contributed by atoms with Gasteiger partial charge in [-0.1, -0.05) is 59.6 Å². The van der Waals surface area contributed by atoms with Gasteiger partial charge >= 0.3 is 0 Å². The molecule has 0 unspecified atom stereocenters. The highest BCUT2D eigenvalue weighted by Gasteiger charge is 2.09. The molecule has 2 N–H and O–H groups in total. The van der Waals surface area contributed by atoms with Crippen LogP contribution in [0.4, 0.5) is 11.4 Å². The predicted octanol–water partition coefficient (Wildman–Crippen LogP) is 5.91. The van der Waals surface area contributed by atoms with E-state index >= 15 is 0 Å². The number of amides is 2. The van der Waals surface area contributed by atoms with Crippen LogP contribution in [-0.2, 0) is 16.0 Å². The van der Waals surface area contributed by atoms with Gasteiger partial charge in [0.25, 0.3) is 0 Å². The highest BCUT2D eigenvalue weighted by atomic mass is 35.5. The number of benzene rings is 3. The second-order valence-corrected chi connectivity index (χ2v) is 8.09. The molecule has 0 saturated carbocycles. The van der Waals surface area contributed by atoms with Gasteiger partial charge in [-0.25, -0.2) is 0 Å². The molecule has 0 saturated heterocycles. The van der Waals surface area contributed by atoms with Crippen LogP contribution in [-0.4, -0.2) is 17.6 Å². The SMILES string of the molecule is O=C(Cc1ccccc1)Nc1cccc(SCC(=O)Nc2cc(Cl)ccc2Cl)c1. The molecule has 3 aromatic carbocycles. The smallest absolute Gasteiger partial charge is 0.234 e. The average molecular weight is 445 g/mol. The summed E-state index contributed by atoms with van der Waals surface area (Å²) in [6.45, 7) is 0. The fourth-order valence-corrected chi connectivity index (χ4v) is 3.67. The third kappa shape index (κ3) is 6.82. The Balaban J connectivity index is 1.53. The molecule has 3 rings (SSSR count). The van der Waals surface area contributed by atoms with Gasteiger partial charge < -0.3 is 10.6 Å². The van der Waals surface area contributed by atoms with Crippen LogP contribution in [0.5, 0.6) is 0 Å². The molecule has 0 heterocycles. The largest absolute Gasteiger partial charge is 0.326 e. The number of halogens is 2. The monoisotopic (exact) mass is 444 g/mol. The van der Waals surface area contributed by atoms with Crippen molar-refractivity contribution in [1.29, 1.82) is 0 Å². The van der Waals surface area contributed by atoms with Crippen molar-refractivity contribution in [2.24, 2.45) is 0 Å². The molecule has 0 aliphatic heterocycles.